The molecule has 0 bridgehead atoms. The number of nitrogens with zero attached hydrogens (tertiary/aromatic N) is 1. The minimum Gasteiger partial charge on any atom is -0.358 e. The van der Waals surface area contributed by atoms with Crippen LogP contribution in [-0.2, 0) is 12.8 Å². The minimum absolute atomic E-state index is 0.483. The first-order valence-corrected chi connectivity index (χ1v) is 8.30. The Bertz CT molecular complexity index is 861. The van der Waals surface area contributed by atoms with Gasteiger partial charge in [0.1, 0.15) is 0 Å². The number of nitrogens with one attached hydrogen (secondary N) is 1. The lowest BCUT2D eigenvalue weighted by Gasteiger charge is -2.07. The number of benzene rings is 1. The summed E-state index contributed by atoms with van der Waals surface area (Å²) in [5, 5.41) is 1.97. The maximum Gasteiger partial charge on any atom is 0.0492 e. The molecule has 1 aliphatic carbocycles. The van der Waals surface area contributed by atoms with E-state index < -0.39 is 0 Å². The molecule has 0 fully saturated rings. The van der Waals surface area contributed by atoms with E-state index in [0.717, 1.165) is 34.5 Å². The smallest absolute Gasteiger partial charge is 0.0492 e. The highest BCUT2D eigenvalue weighted by molar-refractivity contribution is 6.34. The molecule has 2 heterocycles. The van der Waals surface area contributed by atoms with Gasteiger partial charge in [-0.3, -0.25) is 4.98 Å². The molecule has 0 amide bonds. The summed E-state index contributed by atoms with van der Waals surface area (Å²) in [5.41, 5.74) is 7.20. The van der Waals surface area contributed by atoms with Gasteiger partial charge in [0.2, 0.25) is 0 Å². The van der Waals surface area contributed by atoms with Crippen molar-refractivity contribution in [3.05, 3.63) is 52.4 Å². The summed E-state index contributed by atoms with van der Waals surface area (Å²) in [6, 6.07) is 8.66. The summed E-state index contributed by atoms with van der Waals surface area (Å²) in [7, 11) is 0. The Morgan fingerprint density at radius 2 is 2.00 bits per heavy atom. The standard InChI is InChI=1S/C19H19ClN2/c1-11(2)18-8-13-7-16(20)15(9-19(13)22-18)14-6-12-4-3-5-17(12)21-10-14/h6-11,22H,3-5H2,1-2H3. The van der Waals surface area contributed by atoms with Gasteiger partial charge in [0.05, 0.1) is 0 Å². The van der Waals surface area contributed by atoms with Crippen LogP contribution in [-0.4, -0.2) is 9.97 Å². The predicted molar refractivity (Wildman–Crippen MR) is 92.7 cm³/mol. The zero-order valence-corrected chi connectivity index (χ0v) is 13.7. The van der Waals surface area contributed by atoms with E-state index >= 15 is 0 Å². The molecule has 1 N–H and O–H groups in total. The quantitative estimate of drug-likeness (QED) is 0.665. The second-order valence-electron chi connectivity index (χ2n) is 6.48. The summed E-state index contributed by atoms with van der Waals surface area (Å²) < 4.78 is 0. The normalized spacial score (nSPS) is 14.0. The topological polar surface area (TPSA) is 28.7 Å². The monoisotopic (exact) mass is 310 g/mol. The molecule has 3 heteroatoms. The molecule has 0 radical (unpaired) electrons. The first-order chi connectivity index (χ1) is 10.6. The van der Waals surface area contributed by atoms with Gasteiger partial charge < -0.3 is 4.98 Å². The molecule has 1 aromatic carbocycles. The van der Waals surface area contributed by atoms with Crippen LogP contribution in [0.25, 0.3) is 22.0 Å². The number of rotatable bonds is 2. The van der Waals surface area contributed by atoms with Gasteiger partial charge in [-0.15, -0.1) is 0 Å². The van der Waals surface area contributed by atoms with Crippen LogP contribution in [0.5, 0.6) is 0 Å². The van der Waals surface area contributed by atoms with Gasteiger partial charge in [0.15, 0.2) is 0 Å². The minimum atomic E-state index is 0.483. The number of hydrogen-bond acceptors (Lipinski definition) is 1. The maximum atomic E-state index is 6.54. The van der Waals surface area contributed by atoms with Crippen molar-refractivity contribution in [3.8, 4) is 11.1 Å². The zero-order chi connectivity index (χ0) is 15.3. The van der Waals surface area contributed by atoms with E-state index in [0.29, 0.717) is 5.92 Å². The van der Waals surface area contributed by atoms with Gasteiger partial charge in [-0.05, 0) is 55.0 Å². The van der Waals surface area contributed by atoms with Crippen molar-refractivity contribution in [2.75, 3.05) is 0 Å². The van der Waals surface area contributed by atoms with Crippen molar-refractivity contribution >= 4 is 22.5 Å². The Morgan fingerprint density at radius 3 is 2.82 bits per heavy atom. The largest absolute Gasteiger partial charge is 0.358 e. The van der Waals surface area contributed by atoms with Crippen LogP contribution >= 0.6 is 11.6 Å². The molecule has 112 valence electrons. The molecule has 0 saturated carbocycles. The Kier molecular flexibility index (Phi) is 3.23. The van der Waals surface area contributed by atoms with Crippen molar-refractivity contribution in [2.45, 2.75) is 39.0 Å². The summed E-state index contributed by atoms with van der Waals surface area (Å²) in [6.45, 7) is 4.38. The van der Waals surface area contributed by atoms with Crippen LogP contribution in [0.15, 0.2) is 30.5 Å². The SMILES string of the molecule is CC(C)c1cc2cc(Cl)c(-c3cnc4c(c3)CCC4)cc2[nH]1. The van der Waals surface area contributed by atoms with Crippen molar-refractivity contribution in [1.29, 1.82) is 0 Å². The molecule has 0 spiro atoms. The Labute approximate surface area is 135 Å². The van der Waals surface area contributed by atoms with Crippen LogP contribution in [0.2, 0.25) is 5.02 Å². The third-order valence-corrected chi connectivity index (χ3v) is 4.89. The maximum absolute atomic E-state index is 6.54. The number of halogens is 1. The van der Waals surface area contributed by atoms with Gasteiger partial charge in [0.25, 0.3) is 0 Å². The van der Waals surface area contributed by atoms with Gasteiger partial charge >= 0.3 is 0 Å². The fraction of sp³-hybridized carbons (Fsp3) is 0.316. The van der Waals surface area contributed by atoms with Crippen LogP contribution in [0, 0.1) is 0 Å². The third kappa shape index (κ3) is 2.22. The Balaban J connectivity index is 1.85. The highest BCUT2D eigenvalue weighted by Gasteiger charge is 2.15. The summed E-state index contributed by atoms with van der Waals surface area (Å²) in [6.07, 6.45) is 5.42. The average Bonchev–Trinajstić information content (AvgIpc) is 3.11. The lowest BCUT2D eigenvalue weighted by Crippen LogP contribution is -1.90. The Morgan fingerprint density at radius 1 is 1.14 bits per heavy atom. The summed E-state index contributed by atoms with van der Waals surface area (Å²) >= 11 is 6.54. The second kappa shape index (κ2) is 5.13. The summed E-state index contributed by atoms with van der Waals surface area (Å²) in [4.78, 5) is 8.13. The highest BCUT2D eigenvalue weighted by atomic mass is 35.5. The first kappa shape index (κ1) is 13.8. The van der Waals surface area contributed by atoms with E-state index in [1.54, 1.807) is 0 Å². The van der Waals surface area contributed by atoms with E-state index in [2.05, 4.69) is 48.1 Å². The van der Waals surface area contributed by atoms with Crippen molar-refractivity contribution in [2.24, 2.45) is 0 Å². The molecular weight excluding hydrogens is 292 g/mol. The van der Waals surface area contributed by atoms with Crippen LogP contribution in [0.4, 0.5) is 0 Å². The van der Waals surface area contributed by atoms with E-state index in [4.69, 9.17) is 11.6 Å². The molecule has 0 aliphatic heterocycles. The van der Waals surface area contributed by atoms with Gasteiger partial charge in [-0.25, -0.2) is 0 Å². The highest BCUT2D eigenvalue weighted by Crippen LogP contribution is 2.34. The fourth-order valence-electron chi connectivity index (χ4n) is 3.28. The van der Waals surface area contributed by atoms with Crippen molar-refractivity contribution in [3.63, 3.8) is 0 Å². The third-order valence-electron chi connectivity index (χ3n) is 4.58. The van der Waals surface area contributed by atoms with Gasteiger partial charge in [0, 0.05) is 44.6 Å². The molecule has 4 rings (SSSR count). The van der Waals surface area contributed by atoms with Gasteiger partial charge in [-0.1, -0.05) is 25.4 Å². The van der Waals surface area contributed by atoms with Crippen LogP contribution < -0.4 is 0 Å². The molecule has 3 aromatic rings. The second-order valence-corrected chi connectivity index (χ2v) is 6.89. The molecular formula is C19H19ClN2. The average molecular weight is 311 g/mol. The number of aryl methyl sites for hydroxylation is 2. The van der Waals surface area contributed by atoms with Crippen molar-refractivity contribution < 1.29 is 0 Å². The number of pyridine rings is 1. The molecule has 22 heavy (non-hydrogen) atoms. The molecule has 2 nitrogen and oxygen atoms in total. The number of hydrogen-bond donors (Lipinski definition) is 1. The Hall–Kier alpha value is -1.80. The number of aromatic amines is 1. The van der Waals surface area contributed by atoms with E-state index in [1.165, 1.54) is 28.8 Å². The van der Waals surface area contributed by atoms with E-state index in [1.807, 2.05) is 6.20 Å². The van der Waals surface area contributed by atoms with Gasteiger partial charge in [-0.2, -0.15) is 0 Å². The molecule has 1 aliphatic rings. The number of H-pyrrole nitrogens is 1. The fourth-order valence-corrected chi connectivity index (χ4v) is 3.56. The lowest BCUT2D eigenvalue weighted by molar-refractivity contribution is 0.836. The molecule has 2 aromatic heterocycles. The number of aromatic nitrogens is 2. The lowest BCUT2D eigenvalue weighted by atomic mass is 10.0. The first-order valence-electron chi connectivity index (χ1n) is 7.92. The summed E-state index contributed by atoms with van der Waals surface area (Å²) in [5.74, 6) is 0.483. The zero-order valence-electron chi connectivity index (χ0n) is 12.9. The number of fused-ring (bicyclic) bond motifs is 2. The van der Waals surface area contributed by atoms with Crippen molar-refractivity contribution in [1.82, 2.24) is 9.97 Å². The molecule has 0 unspecified atom stereocenters. The predicted octanol–water partition coefficient (Wildman–Crippen LogP) is 5.50. The molecule has 0 saturated heterocycles. The van der Waals surface area contributed by atoms with E-state index in [-0.39, 0.29) is 0 Å². The molecule has 0 atom stereocenters. The van der Waals surface area contributed by atoms with Crippen LogP contribution in [0.3, 0.4) is 0 Å². The van der Waals surface area contributed by atoms with Crippen LogP contribution in [0.1, 0.15) is 43.1 Å². The van der Waals surface area contributed by atoms with E-state index in [9.17, 15) is 0 Å².